The number of rotatable bonds is 3. The molecule has 0 radical (unpaired) electrons. The number of carbonyl (C=O) groups is 1. The van der Waals surface area contributed by atoms with Gasteiger partial charge in [-0.1, -0.05) is 11.6 Å². The van der Waals surface area contributed by atoms with E-state index < -0.39 is 5.91 Å². The van der Waals surface area contributed by atoms with Gasteiger partial charge in [0.1, 0.15) is 0 Å². The van der Waals surface area contributed by atoms with Crippen LogP contribution in [0.2, 0.25) is 5.02 Å². The maximum absolute atomic E-state index is 11.1. The lowest BCUT2D eigenvalue weighted by atomic mass is 10.2. The fraction of sp³-hybridized carbons (Fsp3) is 0.250. The second kappa shape index (κ2) is 6.16. The van der Waals surface area contributed by atoms with E-state index >= 15 is 0 Å². The molecule has 94 valence electrons. The third-order valence-electron chi connectivity index (χ3n) is 2.40. The van der Waals surface area contributed by atoms with Gasteiger partial charge in [-0.05, 0) is 26.8 Å². The van der Waals surface area contributed by atoms with Gasteiger partial charge in [0.25, 0.3) is 0 Å². The zero-order valence-electron chi connectivity index (χ0n) is 10.3. The van der Waals surface area contributed by atoms with E-state index in [1.165, 1.54) is 13.1 Å². The molecule has 1 amide bonds. The van der Waals surface area contributed by atoms with E-state index in [4.69, 9.17) is 11.6 Å². The van der Waals surface area contributed by atoms with Crippen LogP contribution < -0.4 is 0 Å². The highest BCUT2D eigenvalue weighted by molar-refractivity contribution is 6.30. The molecule has 18 heavy (non-hydrogen) atoms. The standard InChI is InChI=1S/C12H12ClN3O2/c1-7(12(17)16-18)8(2)15-9(3)10-4-11(13)6-14-5-10/h4-6H,1-3H3/b8-7+,15-9?. The molecule has 1 aromatic rings. The third kappa shape index (κ3) is 3.56. The molecule has 1 rings (SSSR count). The summed E-state index contributed by atoms with van der Waals surface area (Å²) in [6.45, 7) is 4.91. The van der Waals surface area contributed by atoms with Crippen molar-refractivity contribution in [3.63, 3.8) is 0 Å². The lowest BCUT2D eigenvalue weighted by Gasteiger charge is -2.02. The van der Waals surface area contributed by atoms with E-state index in [-0.39, 0.29) is 5.57 Å². The van der Waals surface area contributed by atoms with Crippen LogP contribution in [0.25, 0.3) is 0 Å². The van der Waals surface area contributed by atoms with Gasteiger partial charge >= 0.3 is 5.91 Å². The molecule has 0 aliphatic rings. The smallest absolute Gasteiger partial charge is 0.264 e. The number of allylic oxidation sites excluding steroid dienone is 1. The van der Waals surface area contributed by atoms with Gasteiger partial charge < -0.3 is 0 Å². The van der Waals surface area contributed by atoms with Gasteiger partial charge in [0, 0.05) is 40.1 Å². The van der Waals surface area contributed by atoms with Crippen LogP contribution in [0.4, 0.5) is 0 Å². The Bertz CT molecular complexity index is 550. The maximum Gasteiger partial charge on any atom is 0.314 e. The molecule has 1 heterocycles. The number of nitrogens with zero attached hydrogens (tertiary/aromatic N) is 3. The van der Waals surface area contributed by atoms with Crippen molar-refractivity contribution in [1.82, 2.24) is 4.98 Å². The summed E-state index contributed by atoms with van der Waals surface area (Å²) in [6.07, 6.45) is 3.14. The molecule has 0 aliphatic carbocycles. The summed E-state index contributed by atoms with van der Waals surface area (Å²) in [7, 11) is 0. The predicted molar refractivity (Wildman–Crippen MR) is 70.6 cm³/mol. The molecule has 0 saturated carbocycles. The third-order valence-corrected chi connectivity index (χ3v) is 2.61. The first-order valence-corrected chi connectivity index (χ1v) is 5.55. The van der Waals surface area contributed by atoms with Crippen LogP contribution in [0.1, 0.15) is 26.3 Å². The highest BCUT2D eigenvalue weighted by atomic mass is 35.5. The first-order chi connectivity index (χ1) is 8.45. The molecular formula is C12H12ClN3O2. The van der Waals surface area contributed by atoms with Crippen molar-refractivity contribution >= 4 is 23.2 Å². The lowest BCUT2D eigenvalue weighted by molar-refractivity contribution is -0.114. The van der Waals surface area contributed by atoms with Crippen LogP contribution in [0.5, 0.6) is 0 Å². The van der Waals surface area contributed by atoms with E-state index in [2.05, 4.69) is 15.2 Å². The van der Waals surface area contributed by atoms with Gasteiger partial charge in [-0.3, -0.25) is 14.8 Å². The molecule has 1 aromatic heterocycles. The van der Waals surface area contributed by atoms with Crippen LogP contribution in [0, 0.1) is 4.91 Å². The van der Waals surface area contributed by atoms with Gasteiger partial charge in [0.2, 0.25) is 0 Å². The highest BCUT2D eigenvalue weighted by Crippen LogP contribution is 2.12. The van der Waals surface area contributed by atoms with Gasteiger partial charge in [-0.15, -0.1) is 4.91 Å². The summed E-state index contributed by atoms with van der Waals surface area (Å²) < 4.78 is 0. The van der Waals surface area contributed by atoms with Crippen molar-refractivity contribution in [3.8, 4) is 0 Å². The van der Waals surface area contributed by atoms with Gasteiger partial charge in [0.05, 0.1) is 5.02 Å². The van der Waals surface area contributed by atoms with Gasteiger partial charge in [-0.25, -0.2) is 0 Å². The average molecular weight is 266 g/mol. The van der Waals surface area contributed by atoms with Crippen LogP contribution in [-0.4, -0.2) is 16.6 Å². The van der Waals surface area contributed by atoms with E-state index in [1.54, 1.807) is 26.1 Å². The Kier molecular flexibility index (Phi) is 4.85. The number of hydrogen-bond donors (Lipinski definition) is 0. The van der Waals surface area contributed by atoms with Crippen molar-refractivity contribution in [3.05, 3.63) is 45.2 Å². The molecule has 0 spiro atoms. The summed E-state index contributed by atoms with van der Waals surface area (Å²) in [6, 6.07) is 1.72. The quantitative estimate of drug-likeness (QED) is 0.479. The summed E-state index contributed by atoms with van der Waals surface area (Å²) in [4.78, 5) is 29.4. The largest absolute Gasteiger partial charge is 0.314 e. The lowest BCUT2D eigenvalue weighted by Crippen LogP contribution is -2.00. The van der Waals surface area contributed by atoms with Crippen LogP contribution in [-0.2, 0) is 4.79 Å². The summed E-state index contributed by atoms with van der Waals surface area (Å²) >= 11 is 5.82. The molecule has 0 aromatic carbocycles. The summed E-state index contributed by atoms with van der Waals surface area (Å²) in [5.74, 6) is -0.812. The van der Waals surface area contributed by atoms with Gasteiger partial charge in [-0.2, -0.15) is 0 Å². The first-order valence-electron chi connectivity index (χ1n) is 5.17. The zero-order chi connectivity index (χ0) is 13.7. The molecule has 0 aliphatic heterocycles. The van der Waals surface area contributed by atoms with Crippen LogP contribution in [0.15, 0.2) is 39.9 Å². The van der Waals surface area contributed by atoms with E-state index in [9.17, 15) is 9.70 Å². The van der Waals surface area contributed by atoms with E-state index in [0.717, 1.165) is 5.56 Å². The second-order valence-corrected chi connectivity index (χ2v) is 4.13. The Balaban J connectivity index is 3.10. The average Bonchev–Trinajstić information content (AvgIpc) is 2.36. The van der Waals surface area contributed by atoms with Gasteiger partial charge in [0.15, 0.2) is 0 Å². The zero-order valence-corrected chi connectivity index (χ0v) is 11.0. The molecule has 5 nitrogen and oxygen atoms in total. The Morgan fingerprint density at radius 2 is 1.94 bits per heavy atom. The van der Waals surface area contributed by atoms with Crippen molar-refractivity contribution in [1.29, 1.82) is 0 Å². The number of aliphatic imine (C=N–C) groups is 1. The maximum atomic E-state index is 11.1. The fourth-order valence-corrected chi connectivity index (χ4v) is 1.41. The molecule has 6 heteroatoms. The molecule has 0 saturated heterocycles. The molecule has 0 N–H and O–H groups in total. The summed E-state index contributed by atoms with van der Waals surface area (Å²) in [5, 5.41) is 2.86. The Hall–Kier alpha value is -1.88. The highest BCUT2D eigenvalue weighted by Gasteiger charge is 2.08. The molecular weight excluding hydrogens is 254 g/mol. The van der Waals surface area contributed by atoms with Crippen molar-refractivity contribution in [2.45, 2.75) is 20.8 Å². The first kappa shape index (κ1) is 14.2. The van der Waals surface area contributed by atoms with Crippen molar-refractivity contribution in [2.75, 3.05) is 0 Å². The predicted octanol–water partition coefficient (Wildman–Crippen LogP) is 3.13. The minimum Gasteiger partial charge on any atom is -0.264 e. The number of pyridine rings is 1. The minimum absolute atomic E-state index is 0.222. The number of aromatic nitrogens is 1. The van der Waals surface area contributed by atoms with Crippen LogP contribution in [0.3, 0.4) is 0 Å². The Morgan fingerprint density at radius 3 is 2.50 bits per heavy atom. The number of amides is 1. The SMILES string of the molecule is CC(=N/C(C)=C(\C)C(=O)N=O)c1cncc(Cl)c1. The Morgan fingerprint density at radius 1 is 1.28 bits per heavy atom. The molecule has 0 bridgehead atoms. The molecule has 0 unspecified atom stereocenters. The summed E-state index contributed by atoms with van der Waals surface area (Å²) in [5.41, 5.74) is 2.07. The normalized spacial score (nSPS) is 13.0. The minimum atomic E-state index is -0.812. The Labute approximate surface area is 110 Å². The topological polar surface area (TPSA) is 71.8 Å². The number of hydrogen-bond acceptors (Lipinski definition) is 4. The number of halogens is 1. The van der Waals surface area contributed by atoms with Crippen molar-refractivity contribution in [2.24, 2.45) is 10.2 Å². The molecule has 0 atom stereocenters. The number of carbonyl (C=O) groups excluding carboxylic acids is 1. The second-order valence-electron chi connectivity index (χ2n) is 3.70. The monoisotopic (exact) mass is 265 g/mol. The fourth-order valence-electron chi connectivity index (χ4n) is 1.23. The van der Waals surface area contributed by atoms with Crippen molar-refractivity contribution < 1.29 is 4.79 Å². The molecule has 0 fully saturated rings. The van der Waals surface area contributed by atoms with E-state index in [0.29, 0.717) is 16.4 Å². The van der Waals surface area contributed by atoms with Crippen LogP contribution >= 0.6 is 11.6 Å². The number of nitroso groups, excluding NO2 is 1. The van der Waals surface area contributed by atoms with E-state index in [1.807, 2.05) is 0 Å².